The van der Waals surface area contributed by atoms with E-state index < -0.39 is 0 Å². The summed E-state index contributed by atoms with van der Waals surface area (Å²) in [5.74, 6) is 0.921. The topological polar surface area (TPSA) is 45.4 Å². The van der Waals surface area contributed by atoms with Crippen molar-refractivity contribution in [2.75, 3.05) is 0 Å². The van der Waals surface area contributed by atoms with Crippen molar-refractivity contribution in [2.45, 2.75) is 44.4 Å². The number of nitrogens with one attached hydrogen (secondary N) is 1. The van der Waals surface area contributed by atoms with Crippen molar-refractivity contribution in [2.24, 2.45) is 0 Å². The van der Waals surface area contributed by atoms with Gasteiger partial charge in [0.05, 0.1) is 17.1 Å². The van der Waals surface area contributed by atoms with E-state index in [0.717, 1.165) is 47.1 Å². The Hall–Kier alpha value is 0.160. The van der Waals surface area contributed by atoms with Crippen LogP contribution in [0.4, 0.5) is 0 Å². The molecule has 0 amide bonds. The molecule has 1 saturated carbocycles. The van der Waals surface area contributed by atoms with E-state index in [1.807, 2.05) is 6.07 Å². The van der Waals surface area contributed by atoms with Crippen molar-refractivity contribution in [3.05, 3.63) is 21.0 Å². The van der Waals surface area contributed by atoms with E-state index in [9.17, 15) is 5.11 Å². The minimum absolute atomic E-state index is 0.0926. The summed E-state index contributed by atoms with van der Waals surface area (Å²) in [4.78, 5) is 0. The van der Waals surface area contributed by atoms with Gasteiger partial charge in [-0.15, -0.1) is 0 Å². The Kier molecular flexibility index (Phi) is 4.47. The van der Waals surface area contributed by atoms with Gasteiger partial charge in [0, 0.05) is 6.04 Å². The maximum atomic E-state index is 9.39. The molecule has 2 N–H and O–H groups in total. The van der Waals surface area contributed by atoms with Crippen molar-refractivity contribution in [1.82, 2.24) is 5.32 Å². The van der Waals surface area contributed by atoms with Crippen molar-refractivity contribution >= 4 is 31.9 Å². The molecule has 0 unspecified atom stereocenters. The summed E-state index contributed by atoms with van der Waals surface area (Å²) < 4.78 is 7.17. The first-order valence-electron chi connectivity index (χ1n) is 5.50. The van der Waals surface area contributed by atoms with Crippen LogP contribution in [0, 0.1) is 0 Å². The van der Waals surface area contributed by atoms with Gasteiger partial charge < -0.3 is 14.8 Å². The predicted molar refractivity (Wildman–Crippen MR) is 69.2 cm³/mol. The zero-order valence-corrected chi connectivity index (χ0v) is 12.1. The summed E-state index contributed by atoms with van der Waals surface area (Å²) in [6.07, 6.45) is 3.81. The lowest BCUT2D eigenvalue weighted by molar-refractivity contribution is 0.116. The molecule has 5 heteroatoms. The maximum absolute atomic E-state index is 9.39. The molecule has 0 radical (unpaired) electrons. The van der Waals surface area contributed by atoms with Crippen LogP contribution in [0.2, 0.25) is 0 Å². The quantitative estimate of drug-likeness (QED) is 0.878. The third kappa shape index (κ3) is 3.32. The van der Waals surface area contributed by atoms with E-state index in [1.165, 1.54) is 0 Å². The summed E-state index contributed by atoms with van der Waals surface area (Å²) >= 11 is 6.70. The Morgan fingerprint density at radius 3 is 2.56 bits per heavy atom. The van der Waals surface area contributed by atoms with E-state index in [0.29, 0.717) is 6.04 Å². The number of hydrogen-bond donors (Lipinski definition) is 2. The fourth-order valence-electron chi connectivity index (χ4n) is 2.00. The summed E-state index contributed by atoms with van der Waals surface area (Å²) in [7, 11) is 0. The molecule has 0 bridgehead atoms. The molecule has 1 aliphatic carbocycles. The van der Waals surface area contributed by atoms with Crippen LogP contribution in [-0.4, -0.2) is 17.3 Å². The van der Waals surface area contributed by atoms with Gasteiger partial charge in [-0.2, -0.15) is 0 Å². The third-order valence-electron chi connectivity index (χ3n) is 2.96. The van der Waals surface area contributed by atoms with Gasteiger partial charge in [-0.05, 0) is 63.6 Å². The first-order valence-corrected chi connectivity index (χ1v) is 7.09. The molecule has 1 aromatic rings. The second kappa shape index (κ2) is 5.67. The Morgan fingerprint density at radius 2 is 2.00 bits per heavy atom. The molecule has 1 heterocycles. The molecule has 0 saturated heterocycles. The fourth-order valence-corrected chi connectivity index (χ4v) is 2.66. The van der Waals surface area contributed by atoms with Crippen molar-refractivity contribution < 1.29 is 9.52 Å². The molecule has 16 heavy (non-hydrogen) atoms. The lowest BCUT2D eigenvalue weighted by atomic mass is 9.93. The molecule has 1 aliphatic rings. The van der Waals surface area contributed by atoms with Gasteiger partial charge in [0.2, 0.25) is 0 Å². The van der Waals surface area contributed by atoms with E-state index in [1.54, 1.807) is 0 Å². The van der Waals surface area contributed by atoms with Crippen LogP contribution in [0.25, 0.3) is 0 Å². The number of hydrogen-bond acceptors (Lipinski definition) is 3. The number of aliphatic hydroxyl groups is 1. The van der Waals surface area contributed by atoms with Gasteiger partial charge in [-0.3, -0.25) is 0 Å². The van der Waals surface area contributed by atoms with Gasteiger partial charge in [0.15, 0.2) is 4.67 Å². The maximum Gasteiger partial charge on any atom is 0.183 e. The zero-order chi connectivity index (χ0) is 11.5. The summed E-state index contributed by atoms with van der Waals surface area (Å²) in [5.41, 5.74) is 0. The molecule has 0 atom stereocenters. The minimum Gasteiger partial charge on any atom is -0.452 e. The highest BCUT2D eigenvalue weighted by molar-refractivity contribution is 9.13. The first kappa shape index (κ1) is 12.6. The summed E-state index contributed by atoms with van der Waals surface area (Å²) in [6.45, 7) is 0.741. The molecule has 0 aliphatic heterocycles. The molecular formula is C11H15Br2NO2. The average Bonchev–Trinajstić information content (AvgIpc) is 2.58. The molecule has 90 valence electrons. The lowest BCUT2D eigenvalue weighted by Gasteiger charge is -2.25. The van der Waals surface area contributed by atoms with Crippen LogP contribution in [0.3, 0.4) is 0 Å². The smallest absolute Gasteiger partial charge is 0.183 e. The van der Waals surface area contributed by atoms with Gasteiger partial charge in [0.1, 0.15) is 5.76 Å². The van der Waals surface area contributed by atoms with E-state index >= 15 is 0 Å². The van der Waals surface area contributed by atoms with Crippen LogP contribution in [0.15, 0.2) is 19.6 Å². The highest BCUT2D eigenvalue weighted by Gasteiger charge is 2.19. The highest BCUT2D eigenvalue weighted by Crippen LogP contribution is 2.27. The normalized spacial score (nSPS) is 25.9. The highest BCUT2D eigenvalue weighted by atomic mass is 79.9. The number of aliphatic hydroxyl groups excluding tert-OH is 1. The second-order valence-electron chi connectivity index (χ2n) is 4.22. The van der Waals surface area contributed by atoms with Gasteiger partial charge in [0.25, 0.3) is 0 Å². The minimum atomic E-state index is -0.0926. The van der Waals surface area contributed by atoms with Gasteiger partial charge >= 0.3 is 0 Å². The molecule has 1 fully saturated rings. The second-order valence-corrected chi connectivity index (χ2v) is 5.80. The van der Waals surface area contributed by atoms with Gasteiger partial charge in [-0.1, -0.05) is 0 Å². The number of rotatable bonds is 3. The Bertz CT molecular complexity index is 326. The van der Waals surface area contributed by atoms with Crippen molar-refractivity contribution in [3.8, 4) is 0 Å². The van der Waals surface area contributed by atoms with Crippen LogP contribution < -0.4 is 5.32 Å². The molecule has 1 aromatic heterocycles. The molecule has 3 nitrogen and oxygen atoms in total. The average molecular weight is 353 g/mol. The molecular weight excluding hydrogens is 338 g/mol. The fraction of sp³-hybridized carbons (Fsp3) is 0.636. The third-order valence-corrected chi connectivity index (χ3v) is 4.67. The zero-order valence-electron chi connectivity index (χ0n) is 8.88. The lowest BCUT2D eigenvalue weighted by Crippen LogP contribution is -2.34. The molecule has 2 rings (SSSR count). The SMILES string of the molecule is OC1CCC(NCc2cc(Br)c(Br)o2)CC1. The van der Waals surface area contributed by atoms with Gasteiger partial charge in [-0.25, -0.2) is 0 Å². The van der Waals surface area contributed by atoms with E-state index in [4.69, 9.17) is 4.42 Å². The van der Waals surface area contributed by atoms with Crippen LogP contribution in [0.5, 0.6) is 0 Å². The predicted octanol–water partition coefficient (Wildman–Crippen LogP) is 3.20. The summed E-state index contributed by atoms with van der Waals surface area (Å²) in [5, 5.41) is 12.8. The Labute approximate surface area is 112 Å². The van der Waals surface area contributed by atoms with Crippen molar-refractivity contribution in [1.29, 1.82) is 0 Å². The first-order chi connectivity index (χ1) is 7.65. The van der Waals surface area contributed by atoms with Crippen molar-refractivity contribution in [3.63, 3.8) is 0 Å². The molecule has 0 aromatic carbocycles. The number of furan rings is 1. The monoisotopic (exact) mass is 351 g/mol. The van der Waals surface area contributed by atoms with Crippen LogP contribution in [0.1, 0.15) is 31.4 Å². The van der Waals surface area contributed by atoms with Crippen LogP contribution in [-0.2, 0) is 6.54 Å². The summed E-state index contributed by atoms with van der Waals surface area (Å²) in [6, 6.07) is 2.47. The largest absolute Gasteiger partial charge is 0.452 e. The van der Waals surface area contributed by atoms with E-state index in [2.05, 4.69) is 37.2 Å². The Morgan fingerprint density at radius 1 is 1.31 bits per heavy atom. The van der Waals surface area contributed by atoms with E-state index in [-0.39, 0.29) is 6.10 Å². The standard InChI is InChI=1S/C11H15Br2NO2/c12-10-5-9(16-11(10)13)6-14-7-1-3-8(15)4-2-7/h5,7-8,14-15H,1-4,6H2. The van der Waals surface area contributed by atoms with Crippen LogP contribution >= 0.6 is 31.9 Å². The Balaban J connectivity index is 1.79. The molecule has 0 spiro atoms. The number of halogens is 2.